The van der Waals surface area contributed by atoms with E-state index in [1.54, 1.807) is 0 Å². The molecule has 0 aliphatic rings. The first-order valence-electron chi connectivity index (χ1n) is 4.76. The van der Waals surface area contributed by atoms with Gasteiger partial charge in [0.1, 0.15) is 6.61 Å². The van der Waals surface area contributed by atoms with Gasteiger partial charge in [-0.1, -0.05) is 26.3 Å². The predicted molar refractivity (Wildman–Crippen MR) is 56.5 cm³/mol. The average molecular weight is 236 g/mol. The second-order valence-electron chi connectivity index (χ2n) is 3.22. The van der Waals surface area contributed by atoms with Gasteiger partial charge in [0.15, 0.2) is 0 Å². The van der Waals surface area contributed by atoms with Crippen LogP contribution in [0.2, 0.25) is 0 Å². The Bertz CT molecular complexity index is 257. The molecule has 5 nitrogen and oxygen atoms in total. The van der Waals surface area contributed by atoms with Crippen molar-refractivity contribution in [2.24, 2.45) is 0 Å². The number of hydrogen-bond donors (Lipinski definition) is 2. The number of esters is 1. The standard InChI is InChI=1S/C9H17O5P/c1-3-5-6-8(15(11,12)13)7-14-9(10)4-2/h4,8H,2-3,5-7H2,1H3,(H2,11,12,13). The third kappa shape index (κ3) is 6.44. The van der Waals surface area contributed by atoms with Crippen LogP contribution in [0.25, 0.3) is 0 Å². The van der Waals surface area contributed by atoms with Gasteiger partial charge in [-0.05, 0) is 6.42 Å². The van der Waals surface area contributed by atoms with Gasteiger partial charge in [-0.2, -0.15) is 0 Å². The largest absolute Gasteiger partial charge is 0.462 e. The van der Waals surface area contributed by atoms with Crippen molar-refractivity contribution in [2.75, 3.05) is 6.61 Å². The molecule has 0 saturated heterocycles. The minimum Gasteiger partial charge on any atom is -0.462 e. The first-order valence-corrected chi connectivity index (χ1v) is 6.44. The van der Waals surface area contributed by atoms with Gasteiger partial charge < -0.3 is 14.5 Å². The molecule has 0 aliphatic heterocycles. The van der Waals surface area contributed by atoms with Crippen molar-refractivity contribution in [1.82, 2.24) is 0 Å². The second-order valence-corrected chi connectivity index (χ2v) is 5.13. The first-order chi connectivity index (χ1) is 6.91. The van der Waals surface area contributed by atoms with Crippen molar-refractivity contribution < 1.29 is 23.9 Å². The maximum Gasteiger partial charge on any atom is 0.332 e. The van der Waals surface area contributed by atoms with Gasteiger partial charge in [0.25, 0.3) is 0 Å². The Kier molecular flexibility index (Phi) is 6.48. The zero-order valence-electron chi connectivity index (χ0n) is 8.76. The van der Waals surface area contributed by atoms with E-state index in [1.165, 1.54) is 0 Å². The van der Waals surface area contributed by atoms with Gasteiger partial charge in [0.2, 0.25) is 0 Å². The molecule has 2 N–H and O–H groups in total. The summed E-state index contributed by atoms with van der Waals surface area (Å²) in [6.07, 6.45) is 2.86. The van der Waals surface area contributed by atoms with Gasteiger partial charge >= 0.3 is 13.6 Å². The second kappa shape index (κ2) is 6.77. The molecule has 0 radical (unpaired) electrons. The number of hydrogen-bond acceptors (Lipinski definition) is 3. The third-order valence-corrected chi connectivity index (χ3v) is 3.31. The first kappa shape index (κ1) is 14.4. The zero-order valence-corrected chi connectivity index (χ0v) is 9.65. The van der Waals surface area contributed by atoms with Crippen molar-refractivity contribution >= 4 is 13.6 Å². The molecule has 0 saturated carbocycles. The number of carbonyl (C=O) groups excluding carboxylic acids is 1. The molecule has 0 heterocycles. The van der Waals surface area contributed by atoms with E-state index in [1.807, 2.05) is 6.92 Å². The molecular formula is C9H17O5P. The normalized spacial score (nSPS) is 13.3. The van der Waals surface area contributed by atoms with Gasteiger partial charge in [0.05, 0.1) is 5.66 Å². The molecule has 6 heteroatoms. The molecule has 0 aliphatic carbocycles. The molecule has 1 atom stereocenters. The Morgan fingerprint density at radius 2 is 2.20 bits per heavy atom. The molecule has 0 aromatic carbocycles. The van der Waals surface area contributed by atoms with E-state index in [0.717, 1.165) is 12.5 Å². The average Bonchev–Trinajstić information content (AvgIpc) is 2.15. The molecule has 0 amide bonds. The van der Waals surface area contributed by atoms with Crippen molar-refractivity contribution in [3.8, 4) is 0 Å². The molecule has 0 spiro atoms. The Morgan fingerprint density at radius 1 is 1.60 bits per heavy atom. The van der Waals surface area contributed by atoms with E-state index in [0.29, 0.717) is 12.8 Å². The zero-order chi connectivity index (χ0) is 11.9. The number of ether oxygens (including phenoxy) is 1. The van der Waals surface area contributed by atoms with Gasteiger partial charge in [-0.3, -0.25) is 4.57 Å². The molecule has 0 aromatic rings. The summed E-state index contributed by atoms with van der Waals surface area (Å²) in [5, 5.41) is 0. The maximum atomic E-state index is 11.0. The highest BCUT2D eigenvalue weighted by atomic mass is 31.2. The predicted octanol–water partition coefficient (Wildman–Crippen LogP) is 1.45. The van der Waals surface area contributed by atoms with Gasteiger partial charge in [-0.15, -0.1) is 0 Å². The highest BCUT2D eigenvalue weighted by molar-refractivity contribution is 7.52. The molecule has 0 bridgehead atoms. The van der Waals surface area contributed by atoms with Crippen LogP contribution in [-0.2, 0) is 14.1 Å². The summed E-state index contributed by atoms with van der Waals surface area (Å²) >= 11 is 0. The lowest BCUT2D eigenvalue weighted by molar-refractivity contribution is -0.137. The lowest BCUT2D eigenvalue weighted by Gasteiger charge is -2.17. The lowest BCUT2D eigenvalue weighted by Crippen LogP contribution is -2.18. The molecule has 1 unspecified atom stereocenters. The van der Waals surface area contributed by atoms with E-state index in [4.69, 9.17) is 9.79 Å². The Balaban J connectivity index is 4.19. The van der Waals surface area contributed by atoms with Crippen LogP contribution in [0.5, 0.6) is 0 Å². The number of rotatable bonds is 7. The Labute approximate surface area is 89.3 Å². The number of carbonyl (C=O) groups is 1. The fourth-order valence-electron chi connectivity index (χ4n) is 1.03. The van der Waals surface area contributed by atoms with Crippen LogP contribution in [0, 0.1) is 0 Å². The SMILES string of the molecule is C=CC(=O)OCC(CCCC)P(=O)(O)O. The number of unbranched alkanes of at least 4 members (excludes halogenated alkanes) is 1. The van der Waals surface area contributed by atoms with Crippen LogP contribution in [-0.4, -0.2) is 28.0 Å². The van der Waals surface area contributed by atoms with Crippen molar-refractivity contribution in [3.63, 3.8) is 0 Å². The highest BCUT2D eigenvalue weighted by Crippen LogP contribution is 2.43. The van der Waals surface area contributed by atoms with E-state index in [2.05, 4.69) is 11.3 Å². The Morgan fingerprint density at radius 3 is 2.60 bits per heavy atom. The topological polar surface area (TPSA) is 83.8 Å². The summed E-state index contributed by atoms with van der Waals surface area (Å²) in [5.41, 5.74) is -0.902. The van der Waals surface area contributed by atoms with Crippen LogP contribution in [0.1, 0.15) is 26.2 Å². The van der Waals surface area contributed by atoms with Crippen LogP contribution >= 0.6 is 7.60 Å². The van der Waals surface area contributed by atoms with E-state index >= 15 is 0 Å². The molecule has 88 valence electrons. The van der Waals surface area contributed by atoms with Crippen molar-refractivity contribution in [2.45, 2.75) is 31.8 Å². The molecule has 0 aromatic heterocycles. The lowest BCUT2D eigenvalue weighted by atomic mass is 10.2. The molecular weight excluding hydrogens is 219 g/mol. The fraction of sp³-hybridized carbons (Fsp3) is 0.667. The van der Waals surface area contributed by atoms with E-state index < -0.39 is 19.2 Å². The summed E-state index contributed by atoms with van der Waals surface area (Å²) in [5.74, 6) is -0.662. The molecule has 0 fully saturated rings. The monoisotopic (exact) mass is 236 g/mol. The van der Waals surface area contributed by atoms with Crippen LogP contribution in [0.15, 0.2) is 12.7 Å². The van der Waals surface area contributed by atoms with Crippen molar-refractivity contribution in [1.29, 1.82) is 0 Å². The van der Waals surface area contributed by atoms with Gasteiger partial charge in [-0.25, -0.2) is 4.79 Å². The van der Waals surface area contributed by atoms with Crippen LogP contribution < -0.4 is 0 Å². The summed E-state index contributed by atoms with van der Waals surface area (Å²) in [6, 6.07) is 0. The van der Waals surface area contributed by atoms with Crippen LogP contribution in [0.4, 0.5) is 0 Å². The van der Waals surface area contributed by atoms with E-state index in [-0.39, 0.29) is 6.61 Å². The minimum atomic E-state index is -4.18. The summed E-state index contributed by atoms with van der Waals surface area (Å²) in [7, 11) is -4.18. The molecule has 15 heavy (non-hydrogen) atoms. The van der Waals surface area contributed by atoms with Crippen LogP contribution in [0.3, 0.4) is 0 Å². The maximum absolute atomic E-state index is 11.0. The third-order valence-electron chi connectivity index (χ3n) is 1.95. The van der Waals surface area contributed by atoms with Gasteiger partial charge in [0, 0.05) is 6.08 Å². The smallest absolute Gasteiger partial charge is 0.332 e. The summed E-state index contributed by atoms with van der Waals surface area (Å²) in [6.45, 7) is 4.86. The Hall–Kier alpha value is -0.640. The quantitative estimate of drug-likeness (QED) is 0.397. The van der Waals surface area contributed by atoms with E-state index in [9.17, 15) is 9.36 Å². The molecule has 0 rings (SSSR count). The highest BCUT2D eigenvalue weighted by Gasteiger charge is 2.29. The fourth-order valence-corrected chi connectivity index (χ4v) is 1.81. The summed E-state index contributed by atoms with van der Waals surface area (Å²) < 4.78 is 15.6. The minimum absolute atomic E-state index is 0.255. The van der Waals surface area contributed by atoms with Crippen molar-refractivity contribution in [3.05, 3.63) is 12.7 Å². The summed E-state index contributed by atoms with van der Waals surface area (Å²) in [4.78, 5) is 28.7.